The molecule has 0 heterocycles. The Balaban J connectivity index is 1.94. The largest absolute Gasteiger partial charge is 0.494 e. The van der Waals surface area contributed by atoms with Gasteiger partial charge in [0.25, 0.3) is 0 Å². The highest BCUT2D eigenvalue weighted by atomic mass is 32.2. The number of sulfonamides is 1. The summed E-state index contributed by atoms with van der Waals surface area (Å²) in [7, 11) is -3.47. The van der Waals surface area contributed by atoms with E-state index in [2.05, 4.69) is 5.32 Å². The van der Waals surface area contributed by atoms with E-state index in [1.54, 1.807) is 42.5 Å². The molecule has 1 amide bonds. The first-order valence-corrected chi connectivity index (χ1v) is 11.4. The minimum atomic E-state index is -3.47. The lowest BCUT2D eigenvalue weighted by molar-refractivity contribution is -0.116. The monoisotopic (exact) mass is 420 g/mol. The van der Waals surface area contributed by atoms with Crippen molar-refractivity contribution in [3.05, 3.63) is 48.5 Å². The van der Waals surface area contributed by atoms with Gasteiger partial charge in [0.1, 0.15) is 11.5 Å². The van der Waals surface area contributed by atoms with Gasteiger partial charge in [-0.3, -0.25) is 9.10 Å². The predicted octanol–water partition coefficient (Wildman–Crippen LogP) is 3.67. The van der Waals surface area contributed by atoms with Crippen LogP contribution in [0.25, 0.3) is 0 Å². The number of hydrogen-bond donors (Lipinski definition) is 1. The number of carbonyl (C=O) groups excluding carboxylic acids is 1. The molecule has 0 bridgehead atoms. The predicted molar refractivity (Wildman–Crippen MR) is 115 cm³/mol. The van der Waals surface area contributed by atoms with Crippen LogP contribution in [0.2, 0.25) is 0 Å². The number of anilines is 2. The molecule has 0 aliphatic carbocycles. The van der Waals surface area contributed by atoms with Crippen LogP contribution in [0.5, 0.6) is 11.5 Å². The molecule has 0 aliphatic rings. The SMILES string of the molecule is CCOc1ccc(N(CCCC(=O)Nc2cccc(OCC)c2)S(C)(=O)=O)cc1. The number of ether oxygens (including phenoxy) is 2. The number of carbonyl (C=O) groups is 1. The van der Waals surface area contributed by atoms with Gasteiger partial charge in [-0.15, -0.1) is 0 Å². The van der Waals surface area contributed by atoms with Gasteiger partial charge in [-0.25, -0.2) is 8.42 Å². The van der Waals surface area contributed by atoms with Gasteiger partial charge in [-0.1, -0.05) is 6.07 Å². The molecule has 8 heteroatoms. The smallest absolute Gasteiger partial charge is 0.232 e. The number of rotatable bonds is 11. The van der Waals surface area contributed by atoms with E-state index in [0.717, 1.165) is 6.26 Å². The van der Waals surface area contributed by atoms with Crippen LogP contribution >= 0.6 is 0 Å². The van der Waals surface area contributed by atoms with Gasteiger partial charge < -0.3 is 14.8 Å². The van der Waals surface area contributed by atoms with Crippen molar-refractivity contribution in [1.29, 1.82) is 0 Å². The Morgan fingerprint density at radius 3 is 2.28 bits per heavy atom. The highest BCUT2D eigenvalue weighted by Gasteiger charge is 2.17. The standard InChI is InChI=1S/C21H28N2O5S/c1-4-27-19-13-11-18(12-14-19)23(29(3,25)26)15-7-10-21(24)22-17-8-6-9-20(16-17)28-5-2/h6,8-9,11-14,16H,4-5,7,10,15H2,1-3H3,(H,22,24). The van der Waals surface area contributed by atoms with Crippen molar-refractivity contribution in [2.24, 2.45) is 0 Å². The van der Waals surface area contributed by atoms with E-state index < -0.39 is 10.0 Å². The molecule has 2 aromatic rings. The Labute approximate surface area is 172 Å². The third-order valence-electron chi connectivity index (χ3n) is 4.03. The topological polar surface area (TPSA) is 84.9 Å². The first-order valence-electron chi connectivity index (χ1n) is 9.56. The summed E-state index contributed by atoms with van der Waals surface area (Å²) in [6, 6.07) is 14.0. The summed E-state index contributed by atoms with van der Waals surface area (Å²) in [5.74, 6) is 1.18. The maximum absolute atomic E-state index is 12.2. The van der Waals surface area contributed by atoms with Gasteiger partial charge in [0, 0.05) is 24.7 Å². The van der Waals surface area contributed by atoms with E-state index >= 15 is 0 Å². The van der Waals surface area contributed by atoms with Gasteiger partial charge in [0.05, 0.1) is 25.2 Å². The molecule has 0 spiro atoms. The molecule has 0 aliphatic heterocycles. The van der Waals surface area contributed by atoms with Crippen LogP contribution in [-0.4, -0.2) is 40.3 Å². The summed E-state index contributed by atoms with van der Waals surface area (Å²) in [5, 5.41) is 2.81. The second-order valence-corrected chi connectivity index (χ2v) is 8.28. The maximum Gasteiger partial charge on any atom is 0.232 e. The summed E-state index contributed by atoms with van der Waals surface area (Å²) in [6.45, 7) is 5.07. The van der Waals surface area contributed by atoms with Crippen LogP contribution in [0.4, 0.5) is 11.4 Å². The van der Waals surface area contributed by atoms with Crippen molar-refractivity contribution in [3.63, 3.8) is 0 Å². The number of amides is 1. The van der Waals surface area contributed by atoms with Crippen LogP contribution in [0.15, 0.2) is 48.5 Å². The summed E-state index contributed by atoms with van der Waals surface area (Å²) in [6.07, 6.45) is 1.74. The number of hydrogen-bond acceptors (Lipinski definition) is 5. The van der Waals surface area contributed by atoms with Crippen molar-refractivity contribution in [1.82, 2.24) is 0 Å². The molecule has 0 radical (unpaired) electrons. The van der Waals surface area contributed by atoms with Gasteiger partial charge in [-0.05, 0) is 56.7 Å². The number of nitrogens with one attached hydrogen (secondary N) is 1. The lowest BCUT2D eigenvalue weighted by Gasteiger charge is -2.22. The van der Waals surface area contributed by atoms with Crippen LogP contribution in [-0.2, 0) is 14.8 Å². The summed E-state index contributed by atoms with van der Waals surface area (Å²) in [5.41, 5.74) is 1.19. The van der Waals surface area contributed by atoms with E-state index in [1.807, 2.05) is 19.9 Å². The third-order valence-corrected chi connectivity index (χ3v) is 5.22. The zero-order valence-electron chi connectivity index (χ0n) is 17.1. The third kappa shape index (κ3) is 7.30. The molecular weight excluding hydrogens is 392 g/mol. The van der Waals surface area contributed by atoms with E-state index in [0.29, 0.717) is 42.5 Å². The Kier molecular flexibility index (Phi) is 8.33. The van der Waals surface area contributed by atoms with Crippen molar-refractivity contribution >= 4 is 27.3 Å². The highest BCUT2D eigenvalue weighted by molar-refractivity contribution is 7.92. The van der Waals surface area contributed by atoms with Crippen LogP contribution < -0.4 is 19.1 Å². The average Bonchev–Trinajstić information content (AvgIpc) is 2.66. The second-order valence-electron chi connectivity index (χ2n) is 6.37. The molecule has 0 atom stereocenters. The van der Waals surface area contributed by atoms with Gasteiger partial charge in [0.2, 0.25) is 15.9 Å². The van der Waals surface area contributed by atoms with Crippen LogP contribution in [0.3, 0.4) is 0 Å². The molecule has 0 saturated heterocycles. The Morgan fingerprint density at radius 1 is 1.00 bits per heavy atom. The lowest BCUT2D eigenvalue weighted by atomic mass is 10.2. The van der Waals surface area contributed by atoms with E-state index in [4.69, 9.17) is 9.47 Å². The molecular formula is C21H28N2O5S. The Bertz CT molecular complexity index is 898. The minimum absolute atomic E-state index is 0.182. The zero-order chi connectivity index (χ0) is 21.3. The molecule has 2 rings (SSSR count). The molecule has 29 heavy (non-hydrogen) atoms. The Hall–Kier alpha value is -2.74. The van der Waals surface area contributed by atoms with Gasteiger partial charge in [0.15, 0.2) is 0 Å². The molecule has 1 N–H and O–H groups in total. The Morgan fingerprint density at radius 2 is 1.66 bits per heavy atom. The molecule has 0 saturated carbocycles. The molecule has 0 unspecified atom stereocenters. The fraction of sp³-hybridized carbons (Fsp3) is 0.381. The van der Waals surface area contributed by atoms with E-state index in [9.17, 15) is 13.2 Å². The number of nitrogens with zero attached hydrogens (tertiary/aromatic N) is 1. The number of benzene rings is 2. The van der Waals surface area contributed by atoms with Crippen molar-refractivity contribution in [2.45, 2.75) is 26.7 Å². The molecule has 0 aromatic heterocycles. The fourth-order valence-corrected chi connectivity index (χ4v) is 3.76. The van der Waals surface area contributed by atoms with E-state index in [-0.39, 0.29) is 18.9 Å². The summed E-state index contributed by atoms with van der Waals surface area (Å²) >= 11 is 0. The first-order chi connectivity index (χ1) is 13.8. The lowest BCUT2D eigenvalue weighted by Crippen LogP contribution is -2.31. The fourth-order valence-electron chi connectivity index (χ4n) is 2.80. The van der Waals surface area contributed by atoms with Gasteiger partial charge >= 0.3 is 0 Å². The minimum Gasteiger partial charge on any atom is -0.494 e. The van der Waals surface area contributed by atoms with Gasteiger partial charge in [-0.2, -0.15) is 0 Å². The first kappa shape index (κ1) is 22.5. The molecule has 2 aromatic carbocycles. The zero-order valence-corrected chi connectivity index (χ0v) is 17.9. The van der Waals surface area contributed by atoms with Crippen molar-refractivity contribution in [3.8, 4) is 11.5 Å². The molecule has 0 fully saturated rings. The second kappa shape index (κ2) is 10.7. The molecule has 7 nitrogen and oxygen atoms in total. The molecule has 158 valence electrons. The van der Waals surface area contributed by atoms with Crippen LogP contribution in [0.1, 0.15) is 26.7 Å². The quantitative estimate of drug-likeness (QED) is 0.600. The van der Waals surface area contributed by atoms with Crippen LogP contribution in [0, 0.1) is 0 Å². The highest BCUT2D eigenvalue weighted by Crippen LogP contribution is 2.22. The summed E-state index contributed by atoms with van der Waals surface area (Å²) in [4.78, 5) is 12.2. The summed E-state index contributed by atoms with van der Waals surface area (Å²) < 4.78 is 36.5. The normalized spacial score (nSPS) is 11.0. The van der Waals surface area contributed by atoms with E-state index in [1.165, 1.54) is 4.31 Å². The van der Waals surface area contributed by atoms with Crippen molar-refractivity contribution < 1.29 is 22.7 Å². The maximum atomic E-state index is 12.2. The average molecular weight is 421 g/mol. The van der Waals surface area contributed by atoms with Crippen molar-refractivity contribution in [2.75, 3.05) is 35.6 Å².